The largest absolute Gasteiger partial charge is 0.386 e. The molecule has 0 unspecified atom stereocenters. The number of aliphatic hydroxyl groups is 1. The molecular formula is C15H25N3O. The van der Waals surface area contributed by atoms with Crippen molar-refractivity contribution >= 4 is 5.95 Å². The Labute approximate surface area is 115 Å². The van der Waals surface area contributed by atoms with Gasteiger partial charge in [-0.3, -0.25) is 0 Å². The zero-order valence-corrected chi connectivity index (χ0v) is 12.4. The number of rotatable bonds is 3. The van der Waals surface area contributed by atoms with Gasteiger partial charge in [0.25, 0.3) is 0 Å². The Bertz CT molecular complexity index is 400. The lowest BCUT2D eigenvalue weighted by atomic mass is 9.87. The second-order valence-corrected chi connectivity index (χ2v) is 6.40. The number of anilines is 1. The van der Waals surface area contributed by atoms with Gasteiger partial charge in [-0.25, -0.2) is 9.97 Å². The van der Waals surface area contributed by atoms with Crippen molar-refractivity contribution in [3.63, 3.8) is 0 Å². The molecule has 0 saturated carbocycles. The summed E-state index contributed by atoms with van der Waals surface area (Å²) in [7, 11) is 0. The van der Waals surface area contributed by atoms with Gasteiger partial charge in [0.15, 0.2) is 0 Å². The third kappa shape index (κ3) is 3.44. The van der Waals surface area contributed by atoms with Crippen molar-refractivity contribution in [1.82, 2.24) is 9.97 Å². The molecule has 2 heterocycles. The summed E-state index contributed by atoms with van der Waals surface area (Å²) in [4.78, 5) is 11.0. The average molecular weight is 263 g/mol. The van der Waals surface area contributed by atoms with E-state index in [-0.39, 0.29) is 0 Å². The monoisotopic (exact) mass is 263 g/mol. The quantitative estimate of drug-likeness (QED) is 0.910. The van der Waals surface area contributed by atoms with Gasteiger partial charge in [-0.1, -0.05) is 13.8 Å². The number of nitrogens with zero attached hydrogens (tertiary/aromatic N) is 3. The van der Waals surface area contributed by atoms with Crippen LogP contribution >= 0.6 is 0 Å². The zero-order chi connectivity index (χ0) is 14.0. The van der Waals surface area contributed by atoms with Gasteiger partial charge < -0.3 is 10.0 Å². The molecule has 19 heavy (non-hydrogen) atoms. The third-order valence-corrected chi connectivity index (χ3v) is 4.11. The smallest absolute Gasteiger partial charge is 0.225 e. The van der Waals surface area contributed by atoms with Gasteiger partial charge in [0.05, 0.1) is 5.60 Å². The van der Waals surface area contributed by atoms with E-state index >= 15 is 0 Å². The Balaban J connectivity index is 2.00. The number of hydrogen-bond acceptors (Lipinski definition) is 4. The number of hydrogen-bond donors (Lipinski definition) is 1. The lowest BCUT2D eigenvalue weighted by Gasteiger charge is -2.34. The van der Waals surface area contributed by atoms with E-state index in [2.05, 4.69) is 28.7 Å². The van der Waals surface area contributed by atoms with Crippen molar-refractivity contribution < 1.29 is 5.11 Å². The number of piperidine rings is 1. The van der Waals surface area contributed by atoms with Crippen molar-refractivity contribution in [2.75, 3.05) is 18.0 Å². The normalized spacial score (nSPS) is 18.1. The van der Waals surface area contributed by atoms with Gasteiger partial charge in [0.2, 0.25) is 5.95 Å². The first-order valence-electron chi connectivity index (χ1n) is 7.18. The molecule has 1 saturated heterocycles. The SMILES string of the molecule is CC(C)C1CCN(c2ncc(C(C)(C)O)cn2)CC1. The highest BCUT2D eigenvalue weighted by Crippen LogP contribution is 2.26. The maximum absolute atomic E-state index is 9.89. The Morgan fingerprint density at radius 3 is 2.16 bits per heavy atom. The lowest BCUT2D eigenvalue weighted by Crippen LogP contribution is -2.36. The van der Waals surface area contributed by atoms with Gasteiger partial charge in [0.1, 0.15) is 0 Å². The van der Waals surface area contributed by atoms with Crippen molar-refractivity contribution in [3.8, 4) is 0 Å². The summed E-state index contributed by atoms with van der Waals surface area (Å²) < 4.78 is 0. The fraction of sp³-hybridized carbons (Fsp3) is 0.733. The molecule has 1 fully saturated rings. The summed E-state index contributed by atoms with van der Waals surface area (Å²) in [5.41, 5.74) is -0.114. The van der Waals surface area contributed by atoms with Crippen LogP contribution in [0.3, 0.4) is 0 Å². The fourth-order valence-corrected chi connectivity index (χ4v) is 2.57. The minimum Gasteiger partial charge on any atom is -0.386 e. The summed E-state index contributed by atoms with van der Waals surface area (Å²) in [6.45, 7) is 10.2. The minimum atomic E-state index is -0.872. The molecule has 1 aliphatic rings. The van der Waals surface area contributed by atoms with Crippen LogP contribution < -0.4 is 4.90 Å². The van der Waals surface area contributed by atoms with Crippen LogP contribution in [0.1, 0.15) is 46.1 Å². The Kier molecular flexibility index (Phi) is 4.09. The second-order valence-electron chi connectivity index (χ2n) is 6.40. The maximum atomic E-state index is 9.89. The first-order valence-corrected chi connectivity index (χ1v) is 7.18. The standard InChI is InChI=1S/C15H25N3O/c1-11(2)12-5-7-18(8-6-12)14-16-9-13(10-17-14)15(3,4)19/h9-12,19H,5-8H2,1-4H3. The average Bonchev–Trinajstić information content (AvgIpc) is 2.38. The van der Waals surface area contributed by atoms with Crippen LogP contribution in [0.25, 0.3) is 0 Å². The molecule has 0 radical (unpaired) electrons. The fourth-order valence-electron chi connectivity index (χ4n) is 2.57. The lowest BCUT2D eigenvalue weighted by molar-refractivity contribution is 0.0778. The summed E-state index contributed by atoms with van der Waals surface area (Å²) in [5, 5.41) is 9.89. The molecule has 1 N–H and O–H groups in total. The van der Waals surface area contributed by atoms with E-state index in [0.717, 1.165) is 36.4 Å². The highest BCUT2D eigenvalue weighted by Gasteiger charge is 2.23. The van der Waals surface area contributed by atoms with Crippen molar-refractivity contribution in [3.05, 3.63) is 18.0 Å². The van der Waals surface area contributed by atoms with Crippen molar-refractivity contribution in [1.29, 1.82) is 0 Å². The molecule has 106 valence electrons. The molecular weight excluding hydrogens is 238 g/mol. The van der Waals surface area contributed by atoms with E-state index in [4.69, 9.17) is 0 Å². The van der Waals surface area contributed by atoms with Crippen LogP contribution in [0.5, 0.6) is 0 Å². The van der Waals surface area contributed by atoms with Gasteiger partial charge in [-0.15, -0.1) is 0 Å². The zero-order valence-electron chi connectivity index (χ0n) is 12.4. The Hall–Kier alpha value is -1.16. The minimum absolute atomic E-state index is 0.758. The first-order chi connectivity index (χ1) is 8.88. The van der Waals surface area contributed by atoms with Crippen LogP contribution in [0.15, 0.2) is 12.4 Å². The summed E-state index contributed by atoms with van der Waals surface area (Å²) in [6, 6.07) is 0. The van der Waals surface area contributed by atoms with Crippen LogP contribution in [-0.4, -0.2) is 28.2 Å². The third-order valence-electron chi connectivity index (χ3n) is 4.11. The van der Waals surface area contributed by atoms with Crippen LogP contribution in [0.4, 0.5) is 5.95 Å². The molecule has 0 atom stereocenters. The summed E-state index contributed by atoms with van der Waals surface area (Å²) in [5.74, 6) is 2.38. The first kappa shape index (κ1) is 14.3. The molecule has 4 heteroatoms. The molecule has 0 bridgehead atoms. The molecule has 1 aromatic heterocycles. The highest BCUT2D eigenvalue weighted by atomic mass is 16.3. The second kappa shape index (κ2) is 5.45. The van der Waals surface area contributed by atoms with E-state index in [1.165, 1.54) is 12.8 Å². The topological polar surface area (TPSA) is 49.2 Å². The van der Waals surface area contributed by atoms with Crippen LogP contribution in [-0.2, 0) is 5.60 Å². The van der Waals surface area contributed by atoms with E-state index in [1.807, 2.05) is 0 Å². The van der Waals surface area contributed by atoms with Gasteiger partial charge in [-0.05, 0) is 38.5 Å². The molecule has 0 aliphatic carbocycles. The van der Waals surface area contributed by atoms with Crippen molar-refractivity contribution in [2.45, 2.75) is 46.1 Å². The molecule has 0 spiro atoms. The molecule has 2 rings (SSSR count). The molecule has 1 aromatic rings. The molecule has 1 aliphatic heterocycles. The summed E-state index contributed by atoms with van der Waals surface area (Å²) in [6.07, 6.45) is 5.90. The predicted octanol–water partition coefficient (Wildman–Crippen LogP) is 2.58. The van der Waals surface area contributed by atoms with E-state index in [0.29, 0.717) is 0 Å². The Morgan fingerprint density at radius 2 is 1.74 bits per heavy atom. The van der Waals surface area contributed by atoms with Gasteiger partial charge in [-0.2, -0.15) is 0 Å². The van der Waals surface area contributed by atoms with Gasteiger partial charge >= 0.3 is 0 Å². The summed E-state index contributed by atoms with van der Waals surface area (Å²) >= 11 is 0. The molecule has 0 amide bonds. The molecule has 4 nitrogen and oxygen atoms in total. The van der Waals surface area contributed by atoms with E-state index < -0.39 is 5.60 Å². The van der Waals surface area contributed by atoms with Crippen LogP contribution in [0, 0.1) is 11.8 Å². The van der Waals surface area contributed by atoms with E-state index in [9.17, 15) is 5.11 Å². The highest BCUT2D eigenvalue weighted by molar-refractivity contribution is 5.31. The van der Waals surface area contributed by atoms with Gasteiger partial charge in [0, 0.05) is 31.0 Å². The van der Waals surface area contributed by atoms with Crippen LogP contribution in [0.2, 0.25) is 0 Å². The predicted molar refractivity (Wildman–Crippen MR) is 77.1 cm³/mol. The van der Waals surface area contributed by atoms with Crippen molar-refractivity contribution in [2.24, 2.45) is 11.8 Å². The maximum Gasteiger partial charge on any atom is 0.225 e. The van der Waals surface area contributed by atoms with E-state index in [1.54, 1.807) is 26.2 Å². The Morgan fingerprint density at radius 1 is 1.21 bits per heavy atom. The number of aromatic nitrogens is 2. The molecule has 0 aromatic carbocycles.